The first-order valence-corrected chi connectivity index (χ1v) is 8.20. The number of anilines is 2. The highest BCUT2D eigenvalue weighted by atomic mass is 16.5. The largest absolute Gasteiger partial charge is 0.480 e. The Morgan fingerprint density at radius 2 is 2.16 bits per heavy atom. The molecule has 0 aromatic carbocycles. The summed E-state index contributed by atoms with van der Waals surface area (Å²) in [5.74, 6) is 0.844. The third kappa shape index (κ3) is 2.93. The molecule has 3 N–H and O–H groups in total. The molecule has 0 unspecified atom stereocenters. The van der Waals surface area contributed by atoms with Crippen molar-refractivity contribution in [2.24, 2.45) is 0 Å². The van der Waals surface area contributed by atoms with Crippen LogP contribution in [0.2, 0.25) is 0 Å². The number of aromatic nitrogens is 5. The van der Waals surface area contributed by atoms with Crippen LogP contribution in [0.5, 0.6) is 5.88 Å². The zero-order valence-corrected chi connectivity index (χ0v) is 13.8. The van der Waals surface area contributed by atoms with Crippen LogP contribution in [-0.2, 0) is 0 Å². The number of hydrogen-bond donors (Lipinski definition) is 3. The Morgan fingerprint density at radius 3 is 2.96 bits per heavy atom. The van der Waals surface area contributed by atoms with Crippen molar-refractivity contribution in [1.82, 2.24) is 29.8 Å². The van der Waals surface area contributed by atoms with Gasteiger partial charge in [0.05, 0.1) is 13.3 Å². The van der Waals surface area contributed by atoms with Crippen LogP contribution in [0.4, 0.5) is 11.6 Å². The molecule has 9 nitrogen and oxygen atoms in total. The molecule has 9 heteroatoms. The van der Waals surface area contributed by atoms with E-state index in [9.17, 15) is 4.79 Å². The van der Waals surface area contributed by atoms with E-state index in [0.717, 1.165) is 25.9 Å². The Balaban J connectivity index is 1.73. The zero-order valence-electron chi connectivity index (χ0n) is 13.8. The molecular weight excluding hydrogens is 322 g/mol. The van der Waals surface area contributed by atoms with Gasteiger partial charge >= 0.3 is 5.69 Å². The van der Waals surface area contributed by atoms with Crippen LogP contribution >= 0.6 is 0 Å². The SMILES string of the molecule is COc1ncccc1Nc1ncc2[nH]c(=O)n(C3CCNCC3)c2n1. The minimum absolute atomic E-state index is 0.137. The van der Waals surface area contributed by atoms with E-state index in [1.807, 2.05) is 6.07 Å². The highest BCUT2D eigenvalue weighted by Crippen LogP contribution is 2.25. The molecule has 4 heterocycles. The van der Waals surface area contributed by atoms with Crippen LogP contribution in [-0.4, -0.2) is 44.7 Å². The van der Waals surface area contributed by atoms with Gasteiger partial charge in [0.2, 0.25) is 11.8 Å². The summed E-state index contributed by atoms with van der Waals surface area (Å²) in [6, 6.07) is 3.76. The van der Waals surface area contributed by atoms with E-state index in [0.29, 0.717) is 28.7 Å². The number of hydrogen-bond acceptors (Lipinski definition) is 7. The van der Waals surface area contributed by atoms with Gasteiger partial charge in [0.1, 0.15) is 11.2 Å². The van der Waals surface area contributed by atoms with Crippen molar-refractivity contribution < 1.29 is 4.74 Å². The number of piperidine rings is 1. The van der Waals surface area contributed by atoms with Crippen LogP contribution < -0.4 is 21.1 Å². The maximum Gasteiger partial charge on any atom is 0.327 e. The number of ether oxygens (including phenoxy) is 1. The fraction of sp³-hybridized carbons (Fsp3) is 0.375. The molecule has 25 heavy (non-hydrogen) atoms. The molecule has 3 aromatic rings. The van der Waals surface area contributed by atoms with Gasteiger partial charge in [-0.15, -0.1) is 0 Å². The van der Waals surface area contributed by atoms with Crippen LogP contribution in [0.25, 0.3) is 11.2 Å². The van der Waals surface area contributed by atoms with Crippen molar-refractivity contribution in [3.63, 3.8) is 0 Å². The van der Waals surface area contributed by atoms with E-state index in [1.165, 1.54) is 0 Å². The minimum atomic E-state index is -0.146. The highest BCUT2D eigenvalue weighted by molar-refractivity contribution is 5.72. The van der Waals surface area contributed by atoms with Crippen LogP contribution in [0.1, 0.15) is 18.9 Å². The van der Waals surface area contributed by atoms with Gasteiger partial charge in [-0.2, -0.15) is 4.98 Å². The fourth-order valence-electron chi connectivity index (χ4n) is 3.15. The van der Waals surface area contributed by atoms with Gasteiger partial charge in [-0.05, 0) is 38.1 Å². The summed E-state index contributed by atoms with van der Waals surface area (Å²) in [5, 5.41) is 6.41. The average Bonchev–Trinajstić information content (AvgIpc) is 2.98. The molecule has 1 aliphatic rings. The minimum Gasteiger partial charge on any atom is -0.480 e. The second-order valence-electron chi connectivity index (χ2n) is 5.90. The van der Waals surface area contributed by atoms with Crippen LogP contribution in [0.15, 0.2) is 29.3 Å². The average molecular weight is 341 g/mol. The Labute approximate surface area is 143 Å². The molecular formula is C16H19N7O2. The molecule has 1 aliphatic heterocycles. The number of rotatable bonds is 4. The monoisotopic (exact) mass is 341 g/mol. The number of pyridine rings is 1. The summed E-state index contributed by atoms with van der Waals surface area (Å²) in [6.45, 7) is 1.79. The van der Waals surface area contributed by atoms with Crippen molar-refractivity contribution in [3.05, 3.63) is 35.0 Å². The first-order valence-electron chi connectivity index (χ1n) is 8.20. The van der Waals surface area contributed by atoms with Crippen LogP contribution in [0, 0.1) is 0 Å². The molecule has 0 aliphatic carbocycles. The number of methoxy groups -OCH3 is 1. The molecule has 0 spiro atoms. The van der Waals surface area contributed by atoms with E-state index in [4.69, 9.17) is 4.74 Å². The smallest absolute Gasteiger partial charge is 0.327 e. The van der Waals surface area contributed by atoms with E-state index in [2.05, 4.69) is 30.6 Å². The second-order valence-corrected chi connectivity index (χ2v) is 5.90. The summed E-state index contributed by atoms with van der Waals surface area (Å²) in [4.78, 5) is 28.2. The predicted octanol–water partition coefficient (Wildman–Crippen LogP) is 1.19. The molecule has 1 fully saturated rings. The third-order valence-electron chi connectivity index (χ3n) is 4.34. The second kappa shape index (κ2) is 6.52. The van der Waals surface area contributed by atoms with Crippen LogP contribution in [0.3, 0.4) is 0 Å². The number of aromatic amines is 1. The van der Waals surface area contributed by atoms with Crippen molar-refractivity contribution in [3.8, 4) is 5.88 Å². The Morgan fingerprint density at radius 1 is 1.32 bits per heavy atom. The van der Waals surface area contributed by atoms with Gasteiger partial charge in [0, 0.05) is 12.2 Å². The first kappa shape index (κ1) is 15.6. The third-order valence-corrected chi connectivity index (χ3v) is 4.34. The molecule has 0 atom stereocenters. The Bertz CT molecular complexity index is 943. The standard InChI is InChI=1S/C16H19N7O2/c1-25-14-11(3-2-6-18-14)20-15-19-9-12-13(22-15)23(16(24)21-12)10-4-7-17-8-5-10/h2-3,6,9-10,17H,4-5,7-8H2,1H3,(H,21,24)(H,19,20,22). The van der Waals surface area contributed by atoms with Crippen molar-refractivity contribution in [2.45, 2.75) is 18.9 Å². The topological polar surface area (TPSA) is 110 Å². The number of imidazole rings is 1. The maximum atomic E-state index is 12.4. The number of nitrogens with zero attached hydrogens (tertiary/aromatic N) is 4. The van der Waals surface area contributed by atoms with Gasteiger partial charge < -0.3 is 20.4 Å². The quantitative estimate of drug-likeness (QED) is 0.654. The summed E-state index contributed by atoms with van der Waals surface area (Å²) >= 11 is 0. The van der Waals surface area contributed by atoms with E-state index in [-0.39, 0.29) is 11.7 Å². The summed E-state index contributed by atoms with van der Waals surface area (Å²) in [5.41, 5.74) is 1.76. The fourth-order valence-corrected chi connectivity index (χ4v) is 3.15. The summed E-state index contributed by atoms with van der Waals surface area (Å²) in [7, 11) is 1.55. The lowest BCUT2D eigenvalue weighted by atomic mass is 10.1. The van der Waals surface area contributed by atoms with E-state index >= 15 is 0 Å². The predicted molar refractivity (Wildman–Crippen MR) is 93.4 cm³/mol. The first-order chi connectivity index (χ1) is 12.3. The van der Waals surface area contributed by atoms with Gasteiger partial charge in [0.25, 0.3) is 0 Å². The molecule has 0 bridgehead atoms. The van der Waals surface area contributed by atoms with Gasteiger partial charge in [-0.3, -0.25) is 4.57 Å². The van der Waals surface area contributed by atoms with Gasteiger partial charge in [-0.1, -0.05) is 0 Å². The van der Waals surface area contributed by atoms with Gasteiger partial charge in [-0.25, -0.2) is 14.8 Å². The van der Waals surface area contributed by atoms with Crippen molar-refractivity contribution >= 4 is 22.8 Å². The number of fused-ring (bicyclic) bond motifs is 1. The molecule has 0 saturated carbocycles. The lowest BCUT2D eigenvalue weighted by Gasteiger charge is -2.23. The highest BCUT2D eigenvalue weighted by Gasteiger charge is 2.21. The molecule has 0 radical (unpaired) electrons. The maximum absolute atomic E-state index is 12.4. The summed E-state index contributed by atoms with van der Waals surface area (Å²) in [6.07, 6.45) is 5.06. The lowest BCUT2D eigenvalue weighted by Crippen LogP contribution is -2.33. The number of H-pyrrole nitrogens is 1. The molecule has 4 rings (SSSR count). The van der Waals surface area contributed by atoms with E-state index in [1.54, 1.807) is 30.1 Å². The normalized spacial score (nSPS) is 15.4. The Kier molecular flexibility index (Phi) is 4.06. The van der Waals surface area contributed by atoms with Crippen molar-refractivity contribution in [1.29, 1.82) is 0 Å². The van der Waals surface area contributed by atoms with E-state index < -0.39 is 0 Å². The zero-order chi connectivity index (χ0) is 17.2. The molecule has 1 saturated heterocycles. The van der Waals surface area contributed by atoms with Crippen molar-refractivity contribution in [2.75, 3.05) is 25.5 Å². The molecule has 0 amide bonds. The molecule has 3 aromatic heterocycles. The number of nitrogens with one attached hydrogen (secondary N) is 3. The lowest BCUT2D eigenvalue weighted by molar-refractivity contribution is 0.367. The Hall–Kier alpha value is -2.94. The summed E-state index contributed by atoms with van der Waals surface area (Å²) < 4.78 is 6.97. The molecule has 130 valence electrons. The van der Waals surface area contributed by atoms with Gasteiger partial charge in [0.15, 0.2) is 5.65 Å².